The summed E-state index contributed by atoms with van der Waals surface area (Å²) in [6, 6.07) is 3.66. The molecule has 1 aromatic heterocycles. The van der Waals surface area contributed by atoms with Crippen LogP contribution in [0.5, 0.6) is 5.75 Å². The number of allylic oxidation sites excluding steroid dienone is 2. The van der Waals surface area contributed by atoms with Crippen LogP contribution in [0.4, 0.5) is 0 Å². The predicted molar refractivity (Wildman–Crippen MR) is 138 cm³/mol. The Morgan fingerprint density at radius 3 is 2.54 bits per heavy atom. The van der Waals surface area contributed by atoms with Crippen molar-refractivity contribution in [2.45, 2.75) is 50.7 Å². The Balaban J connectivity index is 1.50. The third kappa shape index (κ3) is 3.73. The van der Waals surface area contributed by atoms with Crippen LogP contribution in [0.15, 0.2) is 51.7 Å². The first kappa shape index (κ1) is 25.4. The maximum Gasteiger partial charge on any atom is 0.255 e. The van der Waals surface area contributed by atoms with Crippen LogP contribution in [-0.4, -0.2) is 61.5 Å². The van der Waals surface area contributed by atoms with E-state index in [0.717, 1.165) is 43.5 Å². The minimum atomic E-state index is -2.58. The zero-order valence-corrected chi connectivity index (χ0v) is 21.3. The summed E-state index contributed by atoms with van der Waals surface area (Å²) < 4.78 is 5.32. The summed E-state index contributed by atoms with van der Waals surface area (Å²) in [4.78, 5) is 41.3. The number of likely N-dealkylation sites (tertiary alicyclic amines) is 1. The van der Waals surface area contributed by atoms with E-state index in [0.29, 0.717) is 17.7 Å². The highest BCUT2D eigenvalue weighted by Crippen LogP contribution is 2.53. The van der Waals surface area contributed by atoms with Crippen LogP contribution in [0, 0.1) is 11.8 Å². The summed E-state index contributed by atoms with van der Waals surface area (Å²) in [6.45, 7) is 2.18. The Morgan fingerprint density at radius 2 is 1.87 bits per heavy atom. The van der Waals surface area contributed by atoms with E-state index in [4.69, 9.17) is 10.2 Å². The second-order valence-electron chi connectivity index (χ2n) is 11.0. The van der Waals surface area contributed by atoms with Crippen molar-refractivity contribution in [1.82, 2.24) is 4.90 Å². The molecule has 6 N–H and O–H groups in total. The highest BCUT2D eigenvalue weighted by Gasteiger charge is 2.59. The van der Waals surface area contributed by atoms with Crippen LogP contribution in [0.1, 0.15) is 53.6 Å². The highest BCUT2D eigenvalue weighted by molar-refractivity contribution is 6.24. The van der Waals surface area contributed by atoms with Gasteiger partial charge in [0.2, 0.25) is 5.78 Å². The Labute approximate surface area is 224 Å². The molecule has 1 fully saturated rings. The normalized spacial score (nSPS) is 27.3. The molecule has 3 atom stereocenters. The summed E-state index contributed by atoms with van der Waals surface area (Å²) >= 11 is 0. The van der Waals surface area contributed by atoms with Gasteiger partial charge in [0.05, 0.1) is 18.1 Å². The molecule has 0 saturated carbocycles. The number of nitrogens with two attached hydrogens (primary N) is 1. The van der Waals surface area contributed by atoms with Gasteiger partial charge in [-0.15, -0.1) is 0 Å². The molecule has 2 aromatic rings. The molecule has 1 aliphatic heterocycles. The van der Waals surface area contributed by atoms with E-state index in [2.05, 4.69) is 4.90 Å². The van der Waals surface area contributed by atoms with Crippen LogP contribution >= 0.6 is 0 Å². The number of piperidine rings is 1. The number of primary amides is 1. The lowest BCUT2D eigenvalue weighted by molar-refractivity contribution is -0.144. The topological polar surface area (TPSA) is 175 Å². The Kier molecular flexibility index (Phi) is 5.92. The number of phenolic OH excluding ortho intramolecular Hbond substituents is 1. The number of aromatic hydroxyl groups is 1. The van der Waals surface area contributed by atoms with Crippen LogP contribution in [-0.2, 0) is 22.6 Å². The molecule has 10 nitrogen and oxygen atoms in total. The van der Waals surface area contributed by atoms with Crippen molar-refractivity contribution in [2.24, 2.45) is 17.6 Å². The summed E-state index contributed by atoms with van der Waals surface area (Å²) in [7, 11) is 0. The van der Waals surface area contributed by atoms with E-state index in [-0.39, 0.29) is 36.1 Å². The highest BCUT2D eigenvalue weighted by atomic mass is 16.3. The van der Waals surface area contributed by atoms with Gasteiger partial charge in [0.25, 0.3) is 5.91 Å². The predicted octanol–water partition coefficient (Wildman–Crippen LogP) is 2.83. The first-order valence-electron chi connectivity index (χ1n) is 13.2. The van der Waals surface area contributed by atoms with Gasteiger partial charge >= 0.3 is 0 Å². The lowest BCUT2D eigenvalue weighted by Gasteiger charge is -2.45. The van der Waals surface area contributed by atoms with Crippen molar-refractivity contribution in [3.8, 4) is 16.9 Å². The molecular weight excluding hydrogens is 504 g/mol. The maximum absolute atomic E-state index is 14.1. The number of hydrogen-bond acceptors (Lipinski definition) is 9. The van der Waals surface area contributed by atoms with E-state index < -0.39 is 52.0 Å². The van der Waals surface area contributed by atoms with Crippen LogP contribution in [0.2, 0.25) is 0 Å². The molecular formula is C29H30N2O8. The molecule has 0 unspecified atom stereocenters. The second kappa shape index (κ2) is 9.10. The van der Waals surface area contributed by atoms with Gasteiger partial charge in [0, 0.05) is 35.6 Å². The lowest BCUT2D eigenvalue weighted by Crippen LogP contribution is -2.57. The Bertz CT molecular complexity index is 1460. The van der Waals surface area contributed by atoms with Crippen molar-refractivity contribution in [1.29, 1.82) is 0 Å². The van der Waals surface area contributed by atoms with Crippen molar-refractivity contribution >= 4 is 17.5 Å². The molecule has 2 heterocycles. The average Bonchev–Trinajstić information content (AvgIpc) is 3.43. The van der Waals surface area contributed by atoms with E-state index in [1.165, 1.54) is 6.26 Å². The quantitative estimate of drug-likeness (QED) is 0.369. The van der Waals surface area contributed by atoms with E-state index in [9.17, 15) is 34.8 Å². The molecule has 3 aliphatic carbocycles. The molecule has 1 amide bonds. The summed E-state index contributed by atoms with van der Waals surface area (Å²) in [5.41, 5.74) is 4.40. The largest absolute Gasteiger partial charge is 0.511 e. The first-order valence-corrected chi connectivity index (χ1v) is 13.2. The average molecular weight is 535 g/mol. The van der Waals surface area contributed by atoms with Gasteiger partial charge in [0.1, 0.15) is 22.8 Å². The maximum atomic E-state index is 14.1. The standard InChI is InChI=1S/C29H30N2O8/c30-28(37)23-20(32)11-17-8-15-9-19-18(14-4-7-39-13-14)10-16(12-31-5-2-1-3-6-31)24(33)22(19)25(34)21(15)26(35)29(17,38)27(23)36/h4,7,10,13,15,17,32-33,35,38H,1-3,5-6,8-9,11-12H2,(H2,30,37)/t15-,17+,29+/m1/s1. The molecule has 6 rings (SSSR count). The fourth-order valence-electron chi connectivity index (χ4n) is 6.90. The van der Waals surface area contributed by atoms with E-state index >= 15 is 0 Å². The van der Waals surface area contributed by atoms with Crippen molar-refractivity contribution < 1.29 is 39.2 Å². The van der Waals surface area contributed by atoms with Gasteiger partial charge in [-0.05, 0) is 68.0 Å². The number of fused-ring (bicyclic) bond motifs is 3. The van der Waals surface area contributed by atoms with Crippen LogP contribution in [0.25, 0.3) is 11.1 Å². The number of carbonyl (C=O) groups is 3. The number of nitrogens with zero attached hydrogens (tertiary/aromatic N) is 1. The minimum absolute atomic E-state index is 0.0253. The van der Waals surface area contributed by atoms with Crippen molar-refractivity contribution in [3.05, 3.63) is 64.0 Å². The molecule has 39 heavy (non-hydrogen) atoms. The summed E-state index contributed by atoms with van der Waals surface area (Å²) in [6.07, 6.45) is 6.41. The van der Waals surface area contributed by atoms with Gasteiger partial charge in [-0.1, -0.05) is 6.42 Å². The number of Topliss-reactive ketones (excluding diaryl/α,β-unsaturated/α-hetero) is 2. The Morgan fingerprint density at radius 1 is 1.13 bits per heavy atom. The van der Waals surface area contributed by atoms with Gasteiger partial charge in [-0.2, -0.15) is 0 Å². The van der Waals surface area contributed by atoms with Gasteiger partial charge in [-0.3, -0.25) is 19.3 Å². The fourth-order valence-corrected chi connectivity index (χ4v) is 6.90. The molecule has 0 bridgehead atoms. The monoisotopic (exact) mass is 534 g/mol. The number of hydrogen-bond donors (Lipinski definition) is 5. The van der Waals surface area contributed by atoms with Gasteiger partial charge in [-0.25, -0.2) is 0 Å². The number of rotatable bonds is 4. The number of amides is 1. The third-order valence-electron chi connectivity index (χ3n) is 8.82. The van der Waals surface area contributed by atoms with Crippen LogP contribution in [0.3, 0.4) is 0 Å². The third-order valence-corrected chi connectivity index (χ3v) is 8.82. The number of benzene rings is 1. The molecule has 4 aliphatic rings. The van der Waals surface area contributed by atoms with E-state index in [1.807, 2.05) is 6.07 Å². The smallest absolute Gasteiger partial charge is 0.255 e. The SMILES string of the molecule is NC(=O)C1=C(O)C[C@@H]2C[C@@H]3Cc4c(-c5ccoc5)cc(CN5CCCCC5)c(O)c4C(=O)C3=C(O)[C@]2(O)C1=O. The van der Waals surface area contributed by atoms with Crippen molar-refractivity contribution in [3.63, 3.8) is 0 Å². The minimum Gasteiger partial charge on any atom is -0.511 e. The fraction of sp³-hybridized carbons (Fsp3) is 0.414. The zero-order chi connectivity index (χ0) is 27.6. The summed E-state index contributed by atoms with van der Waals surface area (Å²) in [5.74, 6) is -6.28. The number of phenols is 1. The zero-order valence-electron chi connectivity index (χ0n) is 21.3. The Hall–Kier alpha value is -3.89. The molecule has 0 spiro atoms. The number of carbonyl (C=O) groups excluding carboxylic acids is 3. The number of furan rings is 1. The molecule has 204 valence electrons. The number of aliphatic hydroxyl groups excluding tert-OH is 2. The molecule has 10 heteroatoms. The van der Waals surface area contributed by atoms with Gasteiger partial charge in [0.15, 0.2) is 11.4 Å². The van der Waals surface area contributed by atoms with Crippen molar-refractivity contribution in [2.75, 3.05) is 13.1 Å². The van der Waals surface area contributed by atoms with Gasteiger partial charge < -0.3 is 30.6 Å². The number of aliphatic hydroxyl groups is 3. The first-order chi connectivity index (χ1) is 18.6. The second-order valence-corrected chi connectivity index (χ2v) is 11.0. The van der Waals surface area contributed by atoms with Crippen LogP contribution < -0.4 is 5.73 Å². The molecule has 0 radical (unpaired) electrons. The molecule has 1 aromatic carbocycles. The van der Waals surface area contributed by atoms with E-state index in [1.54, 1.807) is 12.3 Å². The summed E-state index contributed by atoms with van der Waals surface area (Å²) in [5, 5.41) is 44.6. The lowest BCUT2D eigenvalue weighted by atomic mass is 9.60. The number of ketones is 2. The molecule has 1 saturated heterocycles.